The molecule has 0 bridgehead atoms. The summed E-state index contributed by atoms with van der Waals surface area (Å²) in [5.41, 5.74) is 6.45. The van der Waals surface area contributed by atoms with Crippen molar-refractivity contribution in [2.45, 2.75) is 57.5 Å². The van der Waals surface area contributed by atoms with Gasteiger partial charge in [0.1, 0.15) is 5.82 Å². The Kier molecular flexibility index (Phi) is 4.88. The third-order valence-corrected chi connectivity index (χ3v) is 6.81. The summed E-state index contributed by atoms with van der Waals surface area (Å²) in [6, 6.07) is 8.41. The second-order valence-corrected chi connectivity index (χ2v) is 8.86. The van der Waals surface area contributed by atoms with Crippen molar-refractivity contribution < 1.29 is 0 Å². The van der Waals surface area contributed by atoms with Crippen LogP contribution in [0, 0.1) is 6.92 Å². The SMILES string of the molecule is Cc1ncc(CN2CCc3[nH]nc(C4(c5ccc(Cl)cc5)CCCC4)c3C2)cn1. The molecule has 1 saturated carbocycles. The number of halogens is 1. The van der Waals surface area contributed by atoms with Crippen molar-refractivity contribution in [2.24, 2.45) is 0 Å². The summed E-state index contributed by atoms with van der Waals surface area (Å²) in [5, 5.41) is 9.06. The number of fused-ring (bicyclic) bond motifs is 1. The molecule has 3 heterocycles. The molecule has 1 aliphatic carbocycles. The highest BCUT2D eigenvalue weighted by atomic mass is 35.5. The highest BCUT2D eigenvalue weighted by Gasteiger charge is 2.42. The molecule has 29 heavy (non-hydrogen) atoms. The lowest BCUT2D eigenvalue weighted by Crippen LogP contribution is -2.33. The first-order chi connectivity index (χ1) is 14.1. The van der Waals surface area contributed by atoms with E-state index in [-0.39, 0.29) is 5.41 Å². The Balaban J connectivity index is 1.46. The summed E-state index contributed by atoms with van der Waals surface area (Å²) < 4.78 is 0. The van der Waals surface area contributed by atoms with Gasteiger partial charge in [0, 0.05) is 65.7 Å². The van der Waals surface area contributed by atoms with E-state index < -0.39 is 0 Å². The molecule has 5 rings (SSSR count). The lowest BCUT2D eigenvalue weighted by Gasteiger charge is -2.32. The first-order valence-corrected chi connectivity index (χ1v) is 10.8. The minimum Gasteiger partial charge on any atom is -0.294 e. The van der Waals surface area contributed by atoms with Crippen molar-refractivity contribution in [1.82, 2.24) is 25.1 Å². The smallest absolute Gasteiger partial charge is 0.125 e. The number of aromatic amines is 1. The van der Waals surface area contributed by atoms with Crippen molar-refractivity contribution in [3.8, 4) is 0 Å². The lowest BCUT2D eigenvalue weighted by molar-refractivity contribution is 0.242. The van der Waals surface area contributed by atoms with Crippen LogP contribution >= 0.6 is 11.6 Å². The van der Waals surface area contributed by atoms with E-state index in [0.717, 1.165) is 55.3 Å². The van der Waals surface area contributed by atoms with Crippen molar-refractivity contribution >= 4 is 11.6 Å². The molecule has 3 aromatic rings. The third-order valence-electron chi connectivity index (χ3n) is 6.56. The fourth-order valence-electron chi connectivity index (χ4n) is 5.05. The summed E-state index contributed by atoms with van der Waals surface area (Å²) in [6.45, 7) is 4.74. The number of aryl methyl sites for hydroxylation is 1. The highest BCUT2D eigenvalue weighted by molar-refractivity contribution is 6.30. The molecular weight excluding hydrogens is 382 g/mol. The van der Waals surface area contributed by atoms with Gasteiger partial charge in [-0.25, -0.2) is 9.97 Å². The summed E-state index contributed by atoms with van der Waals surface area (Å²) in [5.74, 6) is 0.818. The van der Waals surface area contributed by atoms with Gasteiger partial charge in [0.2, 0.25) is 0 Å². The van der Waals surface area contributed by atoms with Gasteiger partial charge >= 0.3 is 0 Å². The normalized spacial score (nSPS) is 18.7. The average Bonchev–Trinajstić information content (AvgIpc) is 3.38. The lowest BCUT2D eigenvalue weighted by atomic mass is 9.74. The number of benzene rings is 1. The minimum atomic E-state index is 0.00462. The molecule has 5 nitrogen and oxygen atoms in total. The number of hydrogen-bond acceptors (Lipinski definition) is 4. The number of hydrogen-bond donors (Lipinski definition) is 1. The topological polar surface area (TPSA) is 57.7 Å². The van der Waals surface area contributed by atoms with E-state index in [0.29, 0.717) is 0 Å². The molecule has 2 aliphatic rings. The molecule has 1 aliphatic heterocycles. The van der Waals surface area contributed by atoms with Crippen molar-refractivity contribution in [2.75, 3.05) is 6.54 Å². The molecule has 6 heteroatoms. The van der Waals surface area contributed by atoms with Crippen LogP contribution in [0.15, 0.2) is 36.7 Å². The molecule has 2 aromatic heterocycles. The van der Waals surface area contributed by atoms with Crippen LogP contribution in [-0.2, 0) is 24.9 Å². The van der Waals surface area contributed by atoms with Crippen LogP contribution in [0.25, 0.3) is 0 Å². The maximum absolute atomic E-state index is 6.17. The Morgan fingerprint density at radius 2 is 1.83 bits per heavy atom. The van der Waals surface area contributed by atoms with E-state index >= 15 is 0 Å². The van der Waals surface area contributed by atoms with E-state index in [1.807, 2.05) is 31.5 Å². The van der Waals surface area contributed by atoms with Crippen LogP contribution in [-0.4, -0.2) is 31.6 Å². The molecule has 1 fully saturated rings. The van der Waals surface area contributed by atoms with Gasteiger partial charge in [0.25, 0.3) is 0 Å². The number of H-pyrrole nitrogens is 1. The van der Waals surface area contributed by atoms with Gasteiger partial charge in [-0.3, -0.25) is 10.00 Å². The summed E-state index contributed by atoms with van der Waals surface area (Å²) in [6.07, 6.45) is 9.69. The molecule has 0 unspecified atom stereocenters. The van der Waals surface area contributed by atoms with E-state index in [1.54, 1.807) is 0 Å². The average molecular weight is 408 g/mol. The van der Waals surface area contributed by atoms with Gasteiger partial charge in [-0.15, -0.1) is 0 Å². The molecule has 1 N–H and O–H groups in total. The minimum absolute atomic E-state index is 0.00462. The van der Waals surface area contributed by atoms with E-state index in [4.69, 9.17) is 16.7 Å². The quantitative estimate of drug-likeness (QED) is 0.687. The summed E-state index contributed by atoms with van der Waals surface area (Å²) >= 11 is 6.17. The molecule has 150 valence electrons. The summed E-state index contributed by atoms with van der Waals surface area (Å²) in [4.78, 5) is 11.2. The zero-order valence-corrected chi connectivity index (χ0v) is 17.5. The zero-order valence-electron chi connectivity index (χ0n) is 16.8. The number of aromatic nitrogens is 4. The Morgan fingerprint density at radius 3 is 2.55 bits per heavy atom. The van der Waals surface area contributed by atoms with Gasteiger partial charge in [-0.05, 0) is 37.5 Å². The first kappa shape index (κ1) is 18.8. The van der Waals surface area contributed by atoms with E-state index in [2.05, 4.69) is 32.1 Å². The monoisotopic (exact) mass is 407 g/mol. The molecule has 0 radical (unpaired) electrons. The second kappa shape index (κ2) is 7.54. The summed E-state index contributed by atoms with van der Waals surface area (Å²) in [7, 11) is 0. The van der Waals surface area contributed by atoms with Gasteiger partial charge in [-0.1, -0.05) is 36.6 Å². The first-order valence-electron chi connectivity index (χ1n) is 10.5. The molecule has 0 amide bonds. The third kappa shape index (κ3) is 3.47. The van der Waals surface area contributed by atoms with Gasteiger partial charge < -0.3 is 0 Å². The number of nitrogens with one attached hydrogen (secondary N) is 1. The fourth-order valence-corrected chi connectivity index (χ4v) is 5.18. The maximum atomic E-state index is 6.17. The molecular formula is C23H26ClN5. The van der Waals surface area contributed by atoms with Crippen molar-refractivity contribution in [3.05, 3.63) is 75.6 Å². The standard InChI is InChI=1S/C23H26ClN5/c1-16-25-12-17(13-26-16)14-29-11-8-21-20(15-29)22(28-27-21)23(9-2-3-10-23)18-4-6-19(24)7-5-18/h4-7,12-13H,2-3,8-11,14-15H2,1H3,(H,27,28). The van der Waals surface area contributed by atoms with Crippen molar-refractivity contribution in [3.63, 3.8) is 0 Å². The van der Waals surface area contributed by atoms with Crippen LogP contribution in [0.2, 0.25) is 5.02 Å². The Hall–Kier alpha value is -2.24. The predicted octanol–water partition coefficient (Wildman–Crippen LogP) is 4.58. The van der Waals surface area contributed by atoms with Crippen LogP contribution in [0.5, 0.6) is 0 Å². The molecule has 0 spiro atoms. The second-order valence-electron chi connectivity index (χ2n) is 8.42. The Labute approximate surface area is 176 Å². The van der Waals surface area contributed by atoms with E-state index in [9.17, 15) is 0 Å². The highest BCUT2D eigenvalue weighted by Crippen LogP contribution is 2.48. The van der Waals surface area contributed by atoms with Gasteiger partial charge in [0.15, 0.2) is 0 Å². The Bertz CT molecular complexity index is 987. The van der Waals surface area contributed by atoms with Gasteiger partial charge in [0.05, 0.1) is 5.69 Å². The predicted molar refractivity (Wildman–Crippen MR) is 114 cm³/mol. The Morgan fingerprint density at radius 1 is 1.10 bits per heavy atom. The number of rotatable bonds is 4. The van der Waals surface area contributed by atoms with Crippen LogP contribution < -0.4 is 0 Å². The van der Waals surface area contributed by atoms with Crippen molar-refractivity contribution in [1.29, 1.82) is 0 Å². The van der Waals surface area contributed by atoms with Gasteiger partial charge in [-0.2, -0.15) is 5.10 Å². The van der Waals surface area contributed by atoms with Crippen LogP contribution in [0.4, 0.5) is 0 Å². The van der Waals surface area contributed by atoms with E-state index in [1.165, 1.54) is 35.4 Å². The van der Waals surface area contributed by atoms with Crippen LogP contribution in [0.1, 0.15) is 59.6 Å². The molecule has 0 atom stereocenters. The van der Waals surface area contributed by atoms with Crippen LogP contribution in [0.3, 0.4) is 0 Å². The molecule has 1 aromatic carbocycles. The zero-order chi connectivity index (χ0) is 19.8. The molecule has 0 saturated heterocycles. The maximum Gasteiger partial charge on any atom is 0.125 e. The number of nitrogens with zero attached hydrogens (tertiary/aromatic N) is 4. The largest absolute Gasteiger partial charge is 0.294 e. The fraction of sp³-hybridized carbons (Fsp3) is 0.435.